The van der Waals surface area contributed by atoms with Crippen LogP contribution < -0.4 is 5.32 Å². The molecule has 3 heterocycles. The van der Waals surface area contributed by atoms with Crippen molar-refractivity contribution < 1.29 is 8.42 Å². The number of hydrogen-bond donors (Lipinski definition) is 1. The molecule has 9 heteroatoms. The van der Waals surface area contributed by atoms with Crippen molar-refractivity contribution in [1.29, 1.82) is 0 Å². The van der Waals surface area contributed by atoms with Crippen LogP contribution in [0.3, 0.4) is 0 Å². The minimum absolute atomic E-state index is 0.0644. The molecule has 7 nitrogen and oxygen atoms in total. The fraction of sp³-hybridized carbons (Fsp3) is 0.412. The van der Waals surface area contributed by atoms with Gasteiger partial charge in [-0.05, 0) is 25.3 Å². The molecule has 3 aromatic rings. The van der Waals surface area contributed by atoms with Crippen molar-refractivity contribution in [2.45, 2.75) is 31.6 Å². The Morgan fingerprint density at radius 2 is 1.96 bits per heavy atom. The van der Waals surface area contributed by atoms with Crippen molar-refractivity contribution in [1.82, 2.24) is 18.9 Å². The lowest BCUT2D eigenvalue weighted by atomic mass is 10.1. The zero-order valence-corrected chi connectivity index (χ0v) is 16.1. The summed E-state index contributed by atoms with van der Waals surface area (Å²) in [5.41, 5.74) is 1.78. The van der Waals surface area contributed by atoms with E-state index in [4.69, 9.17) is 0 Å². The lowest BCUT2D eigenvalue weighted by Crippen LogP contribution is -2.42. The number of sulfonamides is 1. The monoisotopic (exact) mass is 391 g/mol. The van der Waals surface area contributed by atoms with Gasteiger partial charge in [-0.2, -0.15) is 0 Å². The molecule has 0 unspecified atom stereocenters. The van der Waals surface area contributed by atoms with Crippen molar-refractivity contribution in [2.24, 2.45) is 0 Å². The Balaban J connectivity index is 1.35. The van der Waals surface area contributed by atoms with E-state index in [0.29, 0.717) is 13.1 Å². The second-order valence-electron chi connectivity index (χ2n) is 6.58. The number of piperidine rings is 1. The van der Waals surface area contributed by atoms with Gasteiger partial charge < -0.3 is 5.32 Å². The Morgan fingerprint density at radius 1 is 1.23 bits per heavy atom. The average Bonchev–Trinajstić information content (AvgIpc) is 3.12. The standard InChI is InChI=1S/C17H21N5O2S2/c1-13-11-22-17(18-13)25-16(20-22)19-15-7-9-21(10-8-15)26(23,24)12-14-5-3-2-4-6-14/h2-6,11,15H,7-10,12H2,1H3,(H,19,20). The highest BCUT2D eigenvalue weighted by atomic mass is 32.2. The molecule has 0 bridgehead atoms. The smallest absolute Gasteiger partial charge is 0.218 e. The molecule has 1 aliphatic heterocycles. The van der Waals surface area contributed by atoms with Crippen LogP contribution in [0.4, 0.5) is 5.13 Å². The summed E-state index contributed by atoms with van der Waals surface area (Å²) in [7, 11) is -3.27. The van der Waals surface area contributed by atoms with Crippen molar-refractivity contribution in [3.63, 3.8) is 0 Å². The van der Waals surface area contributed by atoms with Gasteiger partial charge in [0.15, 0.2) is 0 Å². The normalized spacial score (nSPS) is 17.0. The van der Waals surface area contributed by atoms with Gasteiger partial charge in [0.1, 0.15) is 0 Å². The zero-order chi connectivity index (χ0) is 18.1. The highest BCUT2D eigenvalue weighted by Gasteiger charge is 2.28. The Hall–Kier alpha value is -1.97. The molecule has 0 radical (unpaired) electrons. The Kier molecular flexibility index (Phi) is 4.68. The number of nitrogens with one attached hydrogen (secondary N) is 1. The number of aromatic nitrogens is 3. The average molecular weight is 392 g/mol. The van der Waals surface area contributed by atoms with Crippen LogP contribution in [-0.4, -0.2) is 46.5 Å². The highest BCUT2D eigenvalue weighted by molar-refractivity contribution is 7.88. The van der Waals surface area contributed by atoms with Crippen LogP contribution in [0.15, 0.2) is 36.5 Å². The van der Waals surface area contributed by atoms with Crippen molar-refractivity contribution in [3.8, 4) is 0 Å². The molecule has 0 saturated carbocycles. The second kappa shape index (κ2) is 6.98. The fourth-order valence-corrected chi connectivity index (χ4v) is 5.66. The Morgan fingerprint density at radius 3 is 2.65 bits per heavy atom. The molecule has 0 amide bonds. The van der Waals surface area contributed by atoms with Crippen molar-refractivity contribution >= 4 is 31.5 Å². The maximum Gasteiger partial charge on any atom is 0.218 e. The number of rotatable bonds is 5. The number of aryl methyl sites for hydroxylation is 1. The first-order chi connectivity index (χ1) is 12.5. The molecule has 26 heavy (non-hydrogen) atoms. The summed E-state index contributed by atoms with van der Waals surface area (Å²) in [4.78, 5) is 5.27. The Labute approximate surface area is 156 Å². The fourth-order valence-electron chi connectivity index (χ4n) is 3.20. The van der Waals surface area contributed by atoms with Gasteiger partial charge >= 0.3 is 0 Å². The first kappa shape index (κ1) is 17.4. The van der Waals surface area contributed by atoms with Crippen LogP contribution >= 0.6 is 11.3 Å². The number of anilines is 1. The number of nitrogens with zero attached hydrogens (tertiary/aromatic N) is 4. The predicted octanol–water partition coefficient (Wildman–Crippen LogP) is 2.51. The molecule has 0 spiro atoms. The molecule has 1 N–H and O–H groups in total. The van der Waals surface area contributed by atoms with Crippen LogP contribution in [0, 0.1) is 6.92 Å². The van der Waals surface area contributed by atoms with Crippen LogP contribution in [0.2, 0.25) is 0 Å². The number of benzene rings is 1. The van der Waals surface area contributed by atoms with Gasteiger partial charge in [0.25, 0.3) is 0 Å². The summed E-state index contributed by atoms with van der Waals surface area (Å²) in [6.07, 6.45) is 3.44. The summed E-state index contributed by atoms with van der Waals surface area (Å²) in [5.74, 6) is 0.0644. The molecule has 1 aromatic carbocycles. The van der Waals surface area contributed by atoms with Crippen LogP contribution in [0.5, 0.6) is 0 Å². The lowest BCUT2D eigenvalue weighted by Gasteiger charge is -2.31. The molecule has 1 aliphatic rings. The summed E-state index contributed by atoms with van der Waals surface area (Å²) in [5, 5.41) is 8.74. The quantitative estimate of drug-likeness (QED) is 0.723. The SMILES string of the molecule is Cc1cn2nc(NC3CCN(S(=O)(=O)Cc4ccccc4)CC3)sc2n1. The first-order valence-corrected chi connectivity index (χ1v) is 11.0. The largest absolute Gasteiger partial charge is 0.357 e. The van der Waals surface area contributed by atoms with E-state index in [2.05, 4.69) is 15.4 Å². The minimum Gasteiger partial charge on any atom is -0.357 e. The molecule has 138 valence electrons. The second-order valence-corrected chi connectivity index (χ2v) is 9.50. The molecule has 1 saturated heterocycles. The van der Waals surface area contributed by atoms with Gasteiger partial charge in [0.2, 0.25) is 20.1 Å². The van der Waals surface area contributed by atoms with Crippen LogP contribution in [-0.2, 0) is 15.8 Å². The molecule has 2 aromatic heterocycles. The summed E-state index contributed by atoms with van der Waals surface area (Å²) in [6.45, 7) is 3.02. The van der Waals surface area contributed by atoms with E-state index in [1.54, 1.807) is 8.82 Å². The van der Waals surface area contributed by atoms with Gasteiger partial charge in [-0.3, -0.25) is 0 Å². The van der Waals surface area contributed by atoms with Gasteiger partial charge in [0, 0.05) is 19.1 Å². The molecule has 4 rings (SSSR count). The topological polar surface area (TPSA) is 79.6 Å². The number of hydrogen-bond acceptors (Lipinski definition) is 6. The predicted molar refractivity (Wildman–Crippen MR) is 103 cm³/mol. The van der Waals surface area contributed by atoms with Crippen LogP contribution in [0.1, 0.15) is 24.1 Å². The van der Waals surface area contributed by atoms with Gasteiger partial charge in [-0.25, -0.2) is 22.2 Å². The Bertz CT molecular complexity index is 957. The molecule has 1 fully saturated rings. The van der Waals surface area contributed by atoms with Crippen molar-refractivity contribution in [3.05, 3.63) is 47.8 Å². The van der Waals surface area contributed by atoms with E-state index in [1.165, 1.54) is 11.3 Å². The summed E-state index contributed by atoms with van der Waals surface area (Å²) in [6, 6.07) is 9.57. The molecule has 0 atom stereocenters. The summed E-state index contributed by atoms with van der Waals surface area (Å²) < 4.78 is 28.6. The third-order valence-corrected chi connectivity index (χ3v) is 7.23. The van der Waals surface area contributed by atoms with Gasteiger partial charge in [-0.15, -0.1) is 5.10 Å². The van der Waals surface area contributed by atoms with E-state index in [9.17, 15) is 8.42 Å². The summed E-state index contributed by atoms with van der Waals surface area (Å²) >= 11 is 1.52. The van der Waals surface area contributed by atoms with E-state index >= 15 is 0 Å². The van der Waals surface area contributed by atoms with E-state index in [-0.39, 0.29) is 11.8 Å². The third kappa shape index (κ3) is 3.74. The highest BCUT2D eigenvalue weighted by Crippen LogP contribution is 2.24. The van der Waals surface area contributed by atoms with Crippen LogP contribution in [0.25, 0.3) is 4.96 Å². The number of fused-ring (bicyclic) bond motifs is 1. The van der Waals surface area contributed by atoms with E-state index in [1.807, 2.05) is 43.5 Å². The van der Waals surface area contributed by atoms with Crippen molar-refractivity contribution in [2.75, 3.05) is 18.4 Å². The molecule has 0 aliphatic carbocycles. The third-order valence-electron chi connectivity index (χ3n) is 4.53. The first-order valence-electron chi connectivity index (χ1n) is 8.61. The van der Waals surface area contributed by atoms with E-state index in [0.717, 1.165) is 34.2 Å². The maximum atomic E-state index is 12.6. The number of imidazole rings is 1. The molecular formula is C17H21N5O2S2. The molecular weight excluding hydrogens is 370 g/mol. The van der Waals surface area contributed by atoms with Gasteiger partial charge in [0.05, 0.1) is 17.6 Å². The zero-order valence-electron chi connectivity index (χ0n) is 14.5. The van der Waals surface area contributed by atoms with Gasteiger partial charge in [-0.1, -0.05) is 41.7 Å². The maximum absolute atomic E-state index is 12.6. The lowest BCUT2D eigenvalue weighted by molar-refractivity contribution is 0.329. The van der Waals surface area contributed by atoms with E-state index < -0.39 is 10.0 Å². The minimum atomic E-state index is -3.27.